The maximum atomic E-state index is 12.3. The summed E-state index contributed by atoms with van der Waals surface area (Å²) in [5.74, 6) is -0.224. The van der Waals surface area contributed by atoms with Crippen LogP contribution >= 0.6 is 12.2 Å². The summed E-state index contributed by atoms with van der Waals surface area (Å²) in [6, 6.07) is 9.24. The molecule has 0 aliphatic rings. The van der Waals surface area contributed by atoms with Gasteiger partial charge in [-0.25, -0.2) is 4.68 Å². The highest BCUT2D eigenvalue weighted by atomic mass is 32.1. The lowest BCUT2D eigenvalue weighted by Gasteiger charge is -2.17. The van der Waals surface area contributed by atoms with Gasteiger partial charge in [-0.15, -0.1) is 0 Å². The Kier molecular flexibility index (Phi) is 8.06. The highest BCUT2D eigenvalue weighted by Gasteiger charge is 2.17. The number of hydrazine groups is 1. The van der Waals surface area contributed by atoms with Gasteiger partial charge < -0.3 is 10.4 Å². The predicted octanol–water partition coefficient (Wildman–Crippen LogP) is 2.90. The molecule has 7 nitrogen and oxygen atoms in total. The minimum atomic E-state index is -0.565. The van der Waals surface area contributed by atoms with Crippen molar-refractivity contribution in [3.05, 3.63) is 42.2 Å². The van der Waals surface area contributed by atoms with Crippen LogP contribution in [0.1, 0.15) is 50.0 Å². The van der Waals surface area contributed by atoms with Crippen molar-refractivity contribution in [1.82, 2.24) is 25.9 Å². The van der Waals surface area contributed by atoms with Crippen LogP contribution in [0.15, 0.2) is 36.5 Å². The summed E-state index contributed by atoms with van der Waals surface area (Å²) in [5.41, 5.74) is 5.78. The van der Waals surface area contributed by atoms with Gasteiger partial charge in [-0.05, 0) is 36.7 Å². The number of aromatic hydroxyl groups is 1. The van der Waals surface area contributed by atoms with Crippen molar-refractivity contribution in [2.75, 3.05) is 6.54 Å². The number of nitrogens with one attached hydrogen (secondary N) is 3. The van der Waals surface area contributed by atoms with Crippen molar-refractivity contribution in [1.29, 1.82) is 0 Å². The molecule has 0 aliphatic carbocycles. The van der Waals surface area contributed by atoms with Gasteiger partial charge in [-0.2, -0.15) is 5.10 Å². The molecular weight excluding hydrogens is 362 g/mol. The summed E-state index contributed by atoms with van der Waals surface area (Å²) >= 11 is 5.19. The number of hydrogen-bond acceptors (Lipinski definition) is 4. The molecule has 1 atom stereocenters. The molecule has 1 amide bonds. The van der Waals surface area contributed by atoms with Crippen LogP contribution in [0, 0.1) is 5.92 Å². The van der Waals surface area contributed by atoms with Gasteiger partial charge >= 0.3 is 0 Å². The minimum Gasteiger partial charge on any atom is -0.504 e. The Morgan fingerprint density at radius 1 is 1.26 bits per heavy atom. The normalized spacial score (nSPS) is 11.6. The molecule has 1 aromatic heterocycles. The van der Waals surface area contributed by atoms with E-state index in [9.17, 15) is 9.90 Å². The second kappa shape index (κ2) is 10.5. The van der Waals surface area contributed by atoms with Gasteiger partial charge in [0, 0.05) is 6.54 Å². The van der Waals surface area contributed by atoms with Crippen molar-refractivity contribution in [2.45, 2.75) is 39.5 Å². The smallest absolute Gasteiger partial charge is 0.294 e. The Morgan fingerprint density at radius 2 is 2.00 bits per heavy atom. The first kappa shape index (κ1) is 20.7. The molecule has 8 heteroatoms. The average Bonchev–Trinajstić information content (AvgIpc) is 3.08. The third kappa shape index (κ3) is 6.25. The highest BCUT2D eigenvalue weighted by Crippen LogP contribution is 2.17. The van der Waals surface area contributed by atoms with Crippen molar-refractivity contribution in [3.8, 4) is 11.4 Å². The number of nitrogens with zero attached hydrogens (tertiary/aromatic N) is 2. The fourth-order valence-corrected chi connectivity index (χ4v) is 2.77. The van der Waals surface area contributed by atoms with E-state index in [1.807, 2.05) is 30.3 Å². The Morgan fingerprint density at radius 3 is 2.67 bits per heavy atom. The summed E-state index contributed by atoms with van der Waals surface area (Å²) < 4.78 is 1.44. The molecule has 0 radical (unpaired) electrons. The predicted molar refractivity (Wildman–Crippen MR) is 110 cm³/mol. The van der Waals surface area contributed by atoms with E-state index in [2.05, 4.69) is 35.1 Å². The van der Waals surface area contributed by atoms with E-state index in [1.54, 1.807) is 0 Å². The largest absolute Gasteiger partial charge is 0.504 e. The summed E-state index contributed by atoms with van der Waals surface area (Å²) in [4.78, 5) is 12.3. The van der Waals surface area contributed by atoms with Crippen LogP contribution < -0.4 is 16.2 Å². The standard InChI is InChI=1S/C19H27N5O2S/c1-3-5-9-14(4-2)12-20-19(27)22-21-18(26)17-16(25)13-24(23-17)15-10-7-6-8-11-15/h6-8,10-11,13-14,25H,3-5,9,12H2,1-2H3,(H,21,26)(H2,20,22,27)/t14-/m1/s1. The molecule has 2 aromatic rings. The number of para-hydroxylation sites is 1. The molecule has 0 fully saturated rings. The van der Waals surface area contributed by atoms with E-state index >= 15 is 0 Å². The van der Waals surface area contributed by atoms with Crippen LogP contribution in [0.5, 0.6) is 5.75 Å². The Bertz CT molecular complexity index is 748. The summed E-state index contributed by atoms with van der Waals surface area (Å²) in [5, 5.41) is 17.6. The van der Waals surface area contributed by atoms with E-state index in [0.717, 1.165) is 25.1 Å². The topological polar surface area (TPSA) is 91.2 Å². The highest BCUT2D eigenvalue weighted by molar-refractivity contribution is 7.80. The molecule has 1 heterocycles. The number of carbonyl (C=O) groups excluding carboxylic acids is 1. The molecule has 0 unspecified atom stereocenters. The number of thiocarbonyl (C=S) groups is 1. The van der Waals surface area contributed by atoms with E-state index in [1.165, 1.54) is 23.7 Å². The summed E-state index contributed by atoms with van der Waals surface area (Å²) in [6.45, 7) is 5.09. The Balaban J connectivity index is 1.85. The number of carbonyl (C=O) groups is 1. The maximum Gasteiger partial charge on any atom is 0.294 e. The molecule has 27 heavy (non-hydrogen) atoms. The lowest BCUT2D eigenvalue weighted by atomic mass is 9.99. The average molecular weight is 390 g/mol. The zero-order valence-corrected chi connectivity index (χ0v) is 16.6. The van der Waals surface area contributed by atoms with Crippen molar-refractivity contribution >= 4 is 23.2 Å². The molecule has 146 valence electrons. The van der Waals surface area contributed by atoms with Gasteiger partial charge in [0.25, 0.3) is 5.91 Å². The first-order valence-corrected chi connectivity index (χ1v) is 9.64. The Labute approximate surface area is 165 Å². The van der Waals surface area contributed by atoms with E-state index in [0.29, 0.717) is 11.0 Å². The number of rotatable bonds is 8. The molecule has 0 saturated carbocycles. The van der Waals surface area contributed by atoms with E-state index < -0.39 is 5.91 Å². The third-order valence-electron chi connectivity index (χ3n) is 4.31. The van der Waals surface area contributed by atoms with Crippen LogP contribution in [0.2, 0.25) is 0 Å². The molecular formula is C19H27N5O2S. The number of unbranched alkanes of at least 4 members (excludes halogenated alkanes) is 1. The van der Waals surface area contributed by atoms with Gasteiger partial charge in [-0.1, -0.05) is 51.3 Å². The van der Waals surface area contributed by atoms with Crippen LogP contribution in [-0.4, -0.2) is 32.5 Å². The number of aromatic nitrogens is 2. The lowest BCUT2D eigenvalue weighted by Crippen LogP contribution is -2.47. The fourth-order valence-electron chi connectivity index (χ4n) is 2.64. The summed E-state index contributed by atoms with van der Waals surface area (Å²) in [7, 11) is 0. The molecule has 1 aromatic carbocycles. The van der Waals surface area contributed by atoms with Gasteiger partial charge in [0.1, 0.15) is 0 Å². The van der Waals surface area contributed by atoms with Crippen LogP contribution in [0.25, 0.3) is 5.69 Å². The van der Waals surface area contributed by atoms with Gasteiger partial charge in [0.15, 0.2) is 16.6 Å². The monoisotopic (exact) mass is 389 g/mol. The van der Waals surface area contributed by atoms with E-state index in [4.69, 9.17) is 12.2 Å². The zero-order chi connectivity index (χ0) is 19.6. The molecule has 0 bridgehead atoms. The second-order valence-corrected chi connectivity index (χ2v) is 6.76. The van der Waals surface area contributed by atoms with Crippen molar-refractivity contribution in [2.24, 2.45) is 5.92 Å². The maximum absolute atomic E-state index is 12.3. The second-order valence-electron chi connectivity index (χ2n) is 6.35. The minimum absolute atomic E-state index is 0.0801. The molecule has 0 spiro atoms. The first-order valence-electron chi connectivity index (χ1n) is 9.23. The van der Waals surface area contributed by atoms with Gasteiger partial charge in [-0.3, -0.25) is 15.6 Å². The SMILES string of the molecule is CCCC[C@@H](CC)CNC(=S)NNC(=O)c1nn(-c2ccccc2)cc1O. The summed E-state index contributed by atoms with van der Waals surface area (Å²) in [6.07, 6.45) is 5.99. The Hall–Kier alpha value is -2.61. The van der Waals surface area contributed by atoms with Gasteiger partial charge in [0.05, 0.1) is 11.9 Å². The zero-order valence-electron chi connectivity index (χ0n) is 15.7. The number of amides is 1. The van der Waals surface area contributed by atoms with Crippen LogP contribution in [0.3, 0.4) is 0 Å². The van der Waals surface area contributed by atoms with Crippen molar-refractivity contribution < 1.29 is 9.90 Å². The van der Waals surface area contributed by atoms with Crippen LogP contribution in [0.4, 0.5) is 0 Å². The molecule has 2 rings (SSSR count). The molecule has 0 saturated heterocycles. The van der Waals surface area contributed by atoms with Crippen molar-refractivity contribution in [3.63, 3.8) is 0 Å². The molecule has 4 N–H and O–H groups in total. The molecule has 0 aliphatic heterocycles. The fraction of sp³-hybridized carbons (Fsp3) is 0.421. The van der Waals surface area contributed by atoms with E-state index in [-0.39, 0.29) is 11.4 Å². The third-order valence-corrected chi connectivity index (χ3v) is 4.56. The first-order chi connectivity index (χ1) is 13.0. The lowest BCUT2D eigenvalue weighted by molar-refractivity contribution is 0.0935. The van der Waals surface area contributed by atoms with Gasteiger partial charge in [0.2, 0.25) is 0 Å². The quantitative estimate of drug-likeness (QED) is 0.410. The number of benzene rings is 1. The van der Waals surface area contributed by atoms with Crippen LogP contribution in [-0.2, 0) is 0 Å². The number of hydrogen-bond donors (Lipinski definition) is 4.